The fourth-order valence-electron chi connectivity index (χ4n) is 4.73. The summed E-state index contributed by atoms with van der Waals surface area (Å²) in [6.07, 6.45) is 10.3. The largest absolute Gasteiger partial charge is 0.489 e. The van der Waals surface area contributed by atoms with Gasteiger partial charge in [-0.05, 0) is 53.9 Å². The number of piperidine rings is 1. The van der Waals surface area contributed by atoms with Crippen LogP contribution >= 0.6 is 0 Å². The maximum absolute atomic E-state index is 6.42. The number of hydrogen-bond acceptors (Lipinski definition) is 5. The fraction of sp³-hybridized carbons (Fsp3) is 0.233. The third-order valence-corrected chi connectivity index (χ3v) is 6.40. The summed E-state index contributed by atoms with van der Waals surface area (Å²) in [5.41, 5.74) is 10.2. The highest BCUT2D eigenvalue weighted by molar-refractivity contribution is 5.43. The van der Waals surface area contributed by atoms with Gasteiger partial charge in [-0.3, -0.25) is 4.90 Å². The van der Waals surface area contributed by atoms with E-state index in [1.165, 1.54) is 11.1 Å². The molecule has 0 saturated carbocycles. The van der Waals surface area contributed by atoms with E-state index in [-0.39, 0.29) is 12.7 Å². The Morgan fingerprint density at radius 3 is 2.58 bits per heavy atom. The van der Waals surface area contributed by atoms with Crippen LogP contribution in [0, 0.1) is 12.3 Å². The van der Waals surface area contributed by atoms with Gasteiger partial charge in [0.25, 0.3) is 0 Å². The fourth-order valence-corrected chi connectivity index (χ4v) is 4.73. The van der Waals surface area contributed by atoms with E-state index in [0.29, 0.717) is 11.6 Å². The molecule has 2 atom stereocenters. The van der Waals surface area contributed by atoms with E-state index in [1.54, 1.807) is 0 Å². The Kier molecular flexibility index (Phi) is 7.20. The van der Waals surface area contributed by atoms with Crippen LogP contribution in [0.2, 0.25) is 0 Å². The van der Waals surface area contributed by atoms with E-state index in [1.807, 2.05) is 59.4 Å². The molecule has 3 aromatic carbocycles. The molecule has 2 heterocycles. The SMILES string of the molecule is C#CCOc1ccc(-n2cc(C3CC(Oc4cccc(N)c4)CN(Cc4ccccc4)C3)cn2)cc1. The average Bonchev–Trinajstić information content (AvgIpc) is 3.39. The van der Waals surface area contributed by atoms with Gasteiger partial charge in [0.2, 0.25) is 0 Å². The lowest BCUT2D eigenvalue weighted by Crippen LogP contribution is -2.44. The van der Waals surface area contributed by atoms with Gasteiger partial charge in [-0.15, -0.1) is 6.42 Å². The lowest BCUT2D eigenvalue weighted by molar-refractivity contribution is 0.0717. The van der Waals surface area contributed by atoms with Gasteiger partial charge in [0.1, 0.15) is 24.2 Å². The second-order valence-corrected chi connectivity index (χ2v) is 9.13. The second kappa shape index (κ2) is 11.0. The van der Waals surface area contributed by atoms with Crippen molar-refractivity contribution in [1.29, 1.82) is 0 Å². The number of terminal acetylenes is 1. The summed E-state index contributed by atoms with van der Waals surface area (Å²) < 4.78 is 13.8. The molecule has 36 heavy (non-hydrogen) atoms. The first-order valence-electron chi connectivity index (χ1n) is 12.2. The van der Waals surface area contributed by atoms with Crippen LogP contribution in [-0.2, 0) is 6.54 Å². The van der Waals surface area contributed by atoms with Crippen LogP contribution in [0.3, 0.4) is 0 Å². The van der Waals surface area contributed by atoms with Gasteiger partial charge in [0.05, 0.1) is 11.9 Å². The van der Waals surface area contributed by atoms with Gasteiger partial charge in [-0.2, -0.15) is 5.10 Å². The zero-order chi connectivity index (χ0) is 24.7. The molecule has 1 aromatic heterocycles. The smallest absolute Gasteiger partial charge is 0.148 e. The summed E-state index contributed by atoms with van der Waals surface area (Å²) >= 11 is 0. The first-order chi connectivity index (χ1) is 17.7. The van der Waals surface area contributed by atoms with Crippen molar-refractivity contribution < 1.29 is 9.47 Å². The Balaban J connectivity index is 1.34. The van der Waals surface area contributed by atoms with Crippen LogP contribution in [-0.4, -0.2) is 40.5 Å². The van der Waals surface area contributed by atoms with Crippen LogP contribution in [0.15, 0.2) is 91.3 Å². The number of likely N-dealkylation sites (tertiary alicyclic amines) is 1. The van der Waals surface area contributed by atoms with Crippen molar-refractivity contribution >= 4 is 5.69 Å². The van der Waals surface area contributed by atoms with Crippen molar-refractivity contribution in [3.05, 3.63) is 102 Å². The molecule has 0 spiro atoms. The van der Waals surface area contributed by atoms with Crippen molar-refractivity contribution in [1.82, 2.24) is 14.7 Å². The van der Waals surface area contributed by atoms with Gasteiger partial charge >= 0.3 is 0 Å². The molecule has 1 aliphatic heterocycles. The molecule has 4 aromatic rings. The summed E-state index contributed by atoms with van der Waals surface area (Å²) in [4.78, 5) is 2.47. The van der Waals surface area contributed by atoms with E-state index in [2.05, 4.69) is 52.4 Å². The third kappa shape index (κ3) is 5.88. The highest BCUT2D eigenvalue weighted by atomic mass is 16.5. The number of rotatable bonds is 8. The number of hydrogen-bond donors (Lipinski definition) is 1. The first-order valence-corrected chi connectivity index (χ1v) is 12.2. The molecule has 1 saturated heterocycles. The minimum Gasteiger partial charge on any atom is -0.489 e. The van der Waals surface area contributed by atoms with Gasteiger partial charge in [0.15, 0.2) is 0 Å². The quantitative estimate of drug-likeness (QED) is 0.288. The van der Waals surface area contributed by atoms with Gasteiger partial charge in [0, 0.05) is 43.5 Å². The van der Waals surface area contributed by atoms with E-state index in [0.717, 1.165) is 43.2 Å². The summed E-state index contributed by atoms with van der Waals surface area (Å²) in [5.74, 6) is 4.33. The zero-order valence-corrected chi connectivity index (χ0v) is 20.2. The molecule has 0 bridgehead atoms. The Morgan fingerprint density at radius 2 is 1.81 bits per heavy atom. The molecule has 182 valence electrons. The van der Waals surface area contributed by atoms with E-state index < -0.39 is 0 Å². The summed E-state index contributed by atoms with van der Waals surface area (Å²) in [6, 6.07) is 26.0. The van der Waals surface area contributed by atoms with Crippen LogP contribution in [0.4, 0.5) is 5.69 Å². The topological polar surface area (TPSA) is 65.5 Å². The molecule has 5 rings (SSSR count). The predicted molar refractivity (Wildman–Crippen MR) is 142 cm³/mol. The number of nitrogens with two attached hydrogens (primary N) is 1. The number of anilines is 1. The average molecular weight is 479 g/mol. The lowest BCUT2D eigenvalue weighted by Gasteiger charge is -2.37. The van der Waals surface area contributed by atoms with Crippen molar-refractivity contribution in [2.45, 2.75) is 25.0 Å². The molecule has 0 radical (unpaired) electrons. The standard InChI is InChI=1S/C30H30N4O2/c1-2-15-35-28-13-11-27(12-14-28)34-21-25(18-32-34)24-16-30(36-29-10-6-9-26(31)17-29)22-33(20-24)19-23-7-4-3-5-8-23/h1,3-14,17-18,21,24,30H,15-16,19-20,22,31H2. The molecule has 1 aliphatic rings. The zero-order valence-electron chi connectivity index (χ0n) is 20.2. The van der Waals surface area contributed by atoms with Crippen LogP contribution in [0.5, 0.6) is 11.5 Å². The summed E-state index contributed by atoms with van der Waals surface area (Å²) in [7, 11) is 0. The van der Waals surface area contributed by atoms with Crippen molar-refractivity contribution in [3.63, 3.8) is 0 Å². The maximum atomic E-state index is 6.42. The molecule has 2 N–H and O–H groups in total. The molecular formula is C30H30N4O2. The molecule has 6 nitrogen and oxygen atoms in total. The molecule has 6 heteroatoms. The van der Waals surface area contributed by atoms with Crippen molar-refractivity contribution in [3.8, 4) is 29.5 Å². The van der Waals surface area contributed by atoms with Crippen LogP contribution in [0.25, 0.3) is 5.69 Å². The third-order valence-electron chi connectivity index (χ3n) is 6.40. The normalized spacial score (nSPS) is 17.9. The predicted octanol–water partition coefficient (Wildman–Crippen LogP) is 4.90. The van der Waals surface area contributed by atoms with Crippen LogP contribution in [0.1, 0.15) is 23.5 Å². The van der Waals surface area contributed by atoms with Gasteiger partial charge in [-0.25, -0.2) is 4.68 Å². The molecule has 1 fully saturated rings. The summed E-state index contributed by atoms with van der Waals surface area (Å²) in [5, 5.41) is 4.65. The Labute approximate surface area is 212 Å². The minimum absolute atomic E-state index is 0.0465. The van der Waals surface area contributed by atoms with Gasteiger partial charge in [-0.1, -0.05) is 42.3 Å². The molecule has 0 amide bonds. The first kappa shape index (κ1) is 23.5. The maximum Gasteiger partial charge on any atom is 0.148 e. The molecule has 2 unspecified atom stereocenters. The molecular weight excluding hydrogens is 448 g/mol. The number of nitrogens with zero attached hydrogens (tertiary/aromatic N) is 3. The highest BCUT2D eigenvalue weighted by Crippen LogP contribution is 2.31. The Bertz CT molecular complexity index is 1310. The van der Waals surface area contributed by atoms with Crippen molar-refractivity contribution in [2.24, 2.45) is 0 Å². The lowest BCUT2D eigenvalue weighted by atomic mass is 9.90. The Morgan fingerprint density at radius 1 is 0.972 bits per heavy atom. The molecule has 0 aliphatic carbocycles. The number of aromatic nitrogens is 2. The van der Waals surface area contributed by atoms with E-state index >= 15 is 0 Å². The van der Waals surface area contributed by atoms with Crippen LogP contribution < -0.4 is 15.2 Å². The van der Waals surface area contributed by atoms with E-state index in [4.69, 9.17) is 21.6 Å². The highest BCUT2D eigenvalue weighted by Gasteiger charge is 2.30. The number of nitrogen functional groups attached to an aromatic ring is 1. The monoisotopic (exact) mass is 478 g/mol. The number of benzene rings is 3. The summed E-state index contributed by atoms with van der Waals surface area (Å²) in [6.45, 7) is 2.93. The second-order valence-electron chi connectivity index (χ2n) is 9.13. The van der Waals surface area contributed by atoms with E-state index in [9.17, 15) is 0 Å². The minimum atomic E-state index is 0.0465. The number of ether oxygens (including phenoxy) is 2. The van der Waals surface area contributed by atoms with Gasteiger partial charge < -0.3 is 15.2 Å². The van der Waals surface area contributed by atoms with Crippen molar-refractivity contribution in [2.75, 3.05) is 25.4 Å². The Hall–Kier alpha value is -4.21.